The number of ether oxygens (including phenoxy) is 1. The maximum absolute atomic E-state index is 12.4. The summed E-state index contributed by atoms with van der Waals surface area (Å²) in [6.07, 6.45) is 0.508. The molecule has 0 spiro atoms. The Balaban J connectivity index is 2.11. The van der Waals surface area contributed by atoms with Gasteiger partial charge in [0.2, 0.25) is 0 Å². The third-order valence-electron chi connectivity index (χ3n) is 3.80. The van der Waals surface area contributed by atoms with E-state index in [1.807, 2.05) is 32.0 Å². The van der Waals surface area contributed by atoms with Crippen LogP contribution in [-0.2, 0) is 20.3 Å². The minimum absolute atomic E-state index is 0.204. The summed E-state index contributed by atoms with van der Waals surface area (Å²) in [5.74, 6) is -1.09. The van der Waals surface area contributed by atoms with Gasteiger partial charge in [0.25, 0.3) is 5.91 Å². The molecule has 2 atom stereocenters. The van der Waals surface area contributed by atoms with Crippen LogP contribution in [0.3, 0.4) is 0 Å². The average Bonchev–Trinajstić information content (AvgIpc) is 2.57. The molecule has 0 heterocycles. The van der Waals surface area contributed by atoms with E-state index in [4.69, 9.17) is 4.74 Å². The van der Waals surface area contributed by atoms with Crippen molar-refractivity contribution in [2.75, 3.05) is 11.6 Å². The minimum atomic E-state index is -1.33. The van der Waals surface area contributed by atoms with Gasteiger partial charge in [-0.05, 0) is 44.0 Å². The molecule has 1 amide bonds. The monoisotopic (exact) mass is 359 g/mol. The SMILES string of the molecule is Cc1cccc(C)c1NC(=O)[C@H](C)OC(=O)c1ccccc1[S@@](C)=O. The van der Waals surface area contributed by atoms with E-state index < -0.39 is 28.8 Å². The van der Waals surface area contributed by atoms with Crippen LogP contribution in [0.2, 0.25) is 0 Å². The molecule has 0 fully saturated rings. The number of esters is 1. The van der Waals surface area contributed by atoms with E-state index in [2.05, 4.69) is 5.32 Å². The topological polar surface area (TPSA) is 72.5 Å². The number of anilines is 1. The van der Waals surface area contributed by atoms with Gasteiger partial charge in [0.05, 0.1) is 21.3 Å². The zero-order chi connectivity index (χ0) is 18.6. The number of para-hydroxylation sites is 1. The van der Waals surface area contributed by atoms with Gasteiger partial charge in [-0.15, -0.1) is 0 Å². The van der Waals surface area contributed by atoms with Gasteiger partial charge in [-0.1, -0.05) is 30.3 Å². The lowest BCUT2D eigenvalue weighted by Gasteiger charge is -2.16. The van der Waals surface area contributed by atoms with Gasteiger partial charge in [-0.2, -0.15) is 0 Å². The summed E-state index contributed by atoms with van der Waals surface area (Å²) in [6.45, 7) is 5.30. The lowest BCUT2D eigenvalue weighted by atomic mass is 10.1. The van der Waals surface area contributed by atoms with Crippen LogP contribution in [0.15, 0.2) is 47.4 Å². The van der Waals surface area contributed by atoms with E-state index in [-0.39, 0.29) is 5.56 Å². The van der Waals surface area contributed by atoms with Gasteiger partial charge in [0.15, 0.2) is 6.10 Å². The van der Waals surface area contributed by atoms with Crippen LogP contribution in [0.1, 0.15) is 28.4 Å². The Hall–Kier alpha value is -2.47. The molecule has 2 rings (SSSR count). The first-order chi connectivity index (χ1) is 11.8. The lowest BCUT2D eigenvalue weighted by Crippen LogP contribution is -2.30. The number of nitrogens with one attached hydrogen (secondary N) is 1. The highest BCUT2D eigenvalue weighted by atomic mass is 32.2. The first-order valence-electron chi connectivity index (χ1n) is 7.81. The normalized spacial score (nSPS) is 13.0. The molecule has 0 bridgehead atoms. The zero-order valence-corrected chi connectivity index (χ0v) is 15.5. The molecule has 6 heteroatoms. The fourth-order valence-electron chi connectivity index (χ4n) is 2.40. The molecule has 132 valence electrons. The quantitative estimate of drug-likeness (QED) is 0.832. The van der Waals surface area contributed by atoms with Crippen LogP contribution in [0, 0.1) is 13.8 Å². The molecule has 0 radical (unpaired) electrons. The Bertz CT molecular complexity index is 812. The number of hydrogen-bond acceptors (Lipinski definition) is 4. The van der Waals surface area contributed by atoms with Crippen molar-refractivity contribution in [2.24, 2.45) is 0 Å². The smallest absolute Gasteiger partial charge is 0.340 e. The summed E-state index contributed by atoms with van der Waals surface area (Å²) in [4.78, 5) is 25.1. The summed E-state index contributed by atoms with van der Waals surface area (Å²) >= 11 is 0. The predicted molar refractivity (Wildman–Crippen MR) is 98.2 cm³/mol. The Morgan fingerprint density at radius 3 is 2.24 bits per heavy atom. The molecule has 0 saturated heterocycles. The predicted octanol–water partition coefficient (Wildman–Crippen LogP) is 3.22. The summed E-state index contributed by atoms with van der Waals surface area (Å²) in [5, 5.41) is 2.80. The van der Waals surface area contributed by atoms with E-state index in [0.29, 0.717) is 10.6 Å². The molecule has 0 aromatic heterocycles. The molecule has 2 aromatic rings. The summed E-state index contributed by atoms with van der Waals surface area (Å²) < 4.78 is 17.0. The van der Waals surface area contributed by atoms with Crippen LogP contribution < -0.4 is 5.32 Å². The van der Waals surface area contributed by atoms with Gasteiger partial charge < -0.3 is 10.1 Å². The third kappa shape index (κ3) is 4.54. The van der Waals surface area contributed by atoms with Crippen molar-refractivity contribution in [3.8, 4) is 0 Å². The Labute approximate surface area is 149 Å². The number of rotatable bonds is 5. The van der Waals surface area contributed by atoms with Crippen LogP contribution in [0.4, 0.5) is 5.69 Å². The summed E-state index contributed by atoms with van der Waals surface area (Å²) in [7, 11) is -1.33. The van der Waals surface area contributed by atoms with Crippen molar-refractivity contribution in [2.45, 2.75) is 31.8 Å². The number of hydrogen-bond donors (Lipinski definition) is 1. The largest absolute Gasteiger partial charge is 0.449 e. The van der Waals surface area contributed by atoms with Gasteiger partial charge in [-0.3, -0.25) is 9.00 Å². The van der Waals surface area contributed by atoms with Gasteiger partial charge in [0, 0.05) is 11.9 Å². The van der Waals surface area contributed by atoms with Crippen LogP contribution in [0.5, 0.6) is 0 Å². The van der Waals surface area contributed by atoms with Gasteiger partial charge >= 0.3 is 5.97 Å². The van der Waals surface area contributed by atoms with Crippen molar-refractivity contribution in [3.05, 3.63) is 59.2 Å². The van der Waals surface area contributed by atoms with E-state index in [9.17, 15) is 13.8 Å². The number of carbonyl (C=O) groups is 2. The molecular formula is C19H21NO4S. The molecule has 2 aromatic carbocycles. The van der Waals surface area contributed by atoms with Crippen LogP contribution in [-0.4, -0.2) is 28.4 Å². The molecule has 0 saturated carbocycles. The third-order valence-corrected chi connectivity index (χ3v) is 4.77. The second-order valence-corrected chi connectivity index (χ2v) is 7.10. The number of amides is 1. The van der Waals surface area contributed by atoms with E-state index in [0.717, 1.165) is 11.1 Å². The molecule has 1 N–H and O–H groups in total. The van der Waals surface area contributed by atoms with Crippen LogP contribution >= 0.6 is 0 Å². The van der Waals surface area contributed by atoms with Crippen molar-refractivity contribution < 1.29 is 18.5 Å². The van der Waals surface area contributed by atoms with Gasteiger partial charge in [-0.25, -0.2) is 4.79 Å². The highest BCUT2D eigenvalue weighted by Crippen LogP contribution is 2.20. The number of carbonyl (C=O) groups excluding carboxylic acids is 2. The maximum atomic E-state index is 12.4. The Morgan fingerprint density at radius 1 is 1.04 bits per heavy atom. The Morgan fingerprint density at radius 2 is 1.64 bits per heavy atom. The molecular weight excluding hydrogens is 338 g/mol. The zero-order valence-electron chi connectivity index (χ0n) is 14.7. The molecule has 0 aliphatic carbocycles. The average molecular weight is 359 g/mol. The maximum Gasteiger partial charge on any atom is 0.340 e. The van der Waals surface area contributed by atoms with E-state index in [1.54, 1.807) is 18.2 Å². The van der Waals surface area contributed by atoms with Crippen LogP contribution in [0.25, 0.3) is 0 Å². The molecule has 0 aliphatic rings. The summed E-state index contributed by atoms with van der Waals surface area (Å²) in [5.41, 5.74) is 2.78. The molecule has 5 nitrogen and oxygen atoms in total. The van der Waals surface area contributed by atoms with Crippen molar-refractivity contribution in [1.29, 1.82) is 0 Å². The first kappa shape index (κ1) is 18.9. The first-order valence-corrected chi connectivity index (χ1v) is 9.37. The molecule has 0 unspecified atom stereocenters. The highest BCUT2D eigenvalue weighted by Gasteiger charge is 2.22. The minimum Gasteiger partial charge on any atom is -0.449 e. The van der Waals surface area contributed by atoms with E-state index in [1.165, 1.54) is 19.2 Å². The molecule has 25 heavy (non-hydrogen) atoms. The van der Waals surface area contributed by atoms with Crippen molar-refractivity contribution in [3.63, 3.8) is 0 Å². The fraction of sp³-hybridized carbons (Fsp3) is 0.263. The number of benzene rings is 2. The van der Waals surface area contributed by atoms with Gasteiger partial charge in [0.1, 0.15) is 0 Å². The van der Waals surface area contributed by atoms with Crippen molar-refractivity contribution in [1.82, 2.24) is 0 Å². The van der Waals surface area contributed by atoms with Crippen molar-refractivity contribution >= 4 is 28.4 Å². The highest BCUT2D eigenvalue weighted by molar-refractivity contribution is 7.84. The standard InChI is InChI=1S/C19H21NO4S/c1-12-8-7-9-13(2)17(12)20-18(21)14(3)24-19(22)15-10-5-6-11-16(15)25(4)23/h5-11,14H,1-4H3,(H,20,21)/t14-,25+/m0/s1. The number of aryl methyl sites for hydroxylation is 2. The second kappa shape index (κ2) is 8.07. The Kier molecular flexibility index (Phi) is 6.09. The fourth-order valence-corrected chi connectivity index (χ4v) is 3.13. The molecule has 0 aliphatic heterocycles. The second-order valence-electron chi connectivity index (χ2n) is 5.75. The summed E-state index contributed by atoms with van der Waals surface area (Å²) in [6, 6.07) is 12.2. The van der Waals surface area contributed by atoms with E-state index >= 15 is 0 Å². The lowest BCUT2D eigenvalue weighted by molar-refractivity contribution is -0.123.